The Labute approximate surface area is 53.2 Å². The molecule has 4 heteroatoms. The molecule has 0 radical (unpaired) electrons. The zero-order chi connectivity index (χ0) is 6.85. The summed E-state index contributed by atoms with van der Waals surface area (Å²) in [6.07, 6.45) is -0.811. The maximum atomic E-state index is 8.92. The fourth-order valence-corrected chi connectivity index (χ4v) is 0.637. The second-order valence-electron chi connectivity index (χ2n) is 2.06. The number of aliphatic hydroxyl groups is 2. The topological polar surface area (TPSA) is 64.5 Å². The van der Waals surface area contributed by atoms with Gasteiger partial charge in [0.15, 0.2) is 12.2 Å². The van der Waals surface area contributed by atoms with Gasteiger partial charge in [0, 0.05) is 12.1 Å². The van der Waals surface area contributed by atoms with Crippen LogP contribution in [0.2, 0.25) is 0 Å². The Balaban J connectivity index is 2.61. The first-order valence-electron chi connectivity index (χ1n) is 2.77. The Morgan fingerprint density at radius 1 is 1.67 bits per heavy atom. The van der Waals surface area contributed by atoms with Gasteiger partial charge < -0.3 is 15.5 Å². The smallest absolute Gasteiger partial charge is 0.187 e. The normalized spacial score (nSPS) is 28.0. The second kappa shape index (κ2) is 2.24. The summed E-state index contributed by atoms with van der Waals surface area (Å²) in [7, 11) is 0. The van der Waals surface area contributed by atoms with Gasteiger partial charge in [0.2, 0.25) is 0 Å². The van der Waals surface area contributed by atoms with Crippen molar-refractivity contribution in [3.05, 3.63) is 11.5 Å². The molecule has 1 atom stereocenters. The molecule has 0 saturated heterocycles. The molecule has 0 amide bonds. The van der Waals surface area contributed by atoms with Gasteiger partial charge in [0.05, 0.1) is 0 Å². The van der Waals surface area contributed by atoms with E-state index in [0.717, 1.165) is 5.57 Å². The van der Waals surface area contributed by atoms with Gasteiger partial charge in [0.25, 0.3) is 0 Å². The molecule has 0 fully saturated rings. The van der Waals surface area contributed by atoms with Crippen molar-refractivity contribution in [2.45, 2.75) is 13.3 Å². The Bertz CT molecular complexity index is 144. The lowest BCUT2D eigenvalue weighted by Gasteiger charge is -2.21. The number of aliphatic hydroxyl groups excluding tert-OH is 2. The van der Waals surface area contributed by atoms with E-state index in [4.69, 9.17) is 10.2 Å². The molecule has 1 heterocycles. The van der Waals surface area contributed by atoms with Crippen LogP contribution in [0.1, 0.15) is 6.92 Å². The summed E-state index contributed by atoms with van der Waals surface area (Å²) in [5.74, 6) is 0.0706. The quantitative estimate of drug-likeness (QED) is 0.348. The molecular formula is C5H10N2O2. The molecule has 52 valence electrons. The van der Waals surface area contributed by atoms with Crippen LogP contribution < -0.4 is 10.6 Å². The van der Waals surface area contributed by atoms with Crippen LogP contribution in [0, 0.1) is 0 Å². The van der Waals surface area contributed by atoms with Gasteiger partial charge in [-0.3, -0.25) is 5.32 Å². The Hall–Kier alpha value is -0.740. The first kappa shape index (κ1) is 6.38. The predicted molar refractivity (Wildman–Crippen MR) is 32.5 cm³/mol. The third kappa shape index (κ3) is 1.34. The van der Waals surface area contributed by atoms with Gasteiger partial charge in [-0.1, -0.05) is 0 Å². The predicted octanol–water partition coefficient (Wildman–Crippen LogP) is -0.755. The lowest BCUT2D eigenvalue weighted by molar-refractivity contribution is 0.0870. The Morgan fingerprint density at radius 2 is 2.33 bits per heavy atom. The zero-order valence-corrected chi connectivity index (χ0v) is 5.18. The van der Waals surface area contributed by atoms with E-state index >= 15 is 0 Å². The van der Waals surface area contributed by atoms with Gasteiger partial charge in [-0.15, -0.1) is 0 Å². The van der Waals surface area contributed by atoms with E-state index in [1.165, 1.54) is 0 Å². The van der Waals surface area contributed by atoms with Crippen molar-refractivity contribution in [2.75, 3.05) is 6.54 Å². The highest BCUT2D eigenvalue weighted by molar-refractivity contribution is 5.07. The highest BCUT2D eigenvalue weighted by atomic mass is 16.3. The summed E-state index contributed by atoms with van der Waals surface area (Å²) in [4.78, 5) is 0. The molecule has 0 aromatic carbocycles. The lowest BCUT2D eigenvalue weighted by atomic mass is 10.3. The minimum atomic E-state index is -0.811. The number of hydrogen-bond donors (Lipinski definition) is 4. The van der Waals surface area contributed by atoms with E-state index in [2.05, 4.69) is 10.6 Å². The summed E-state index contributed by atoms with van der Waals surface area (Å²) in [6, 6.07) is 0. The van der Waals surface area contributed by atoms with E-state index in [1.54, 1.807) is 6.92 Å². The second-order valence-corrected chi connectivity index (χ2v) is 2.06. The number of nitrogens with one attached hydrogen (secondary N) is 2. The van der Waals surface area contributed by atoms with E-state index in [9.17, 15) is 0 Å². The minimum Gasteiger partial charge on any atom is -0.495 e. The van der Waals surface area contributed by atoms with Crippen LogP contribution in [-0.4, -0.2) is 23.1 Å². The average Bonchev–Trinajstić information content (AvgIpc) is 1.80. The monoisotopic (exact) mass is 130 g/mol. The molecule has 4 N–H and O–H groups in total. The highest BCUT2D eigenvalue weighted by Crippen LogP contribution is 2.00. The molecule has 1 unspecified atom stereocenters. The molecule has 0 aliphatic carbocycles. The fourth-order valence-electron chi connectivity index (χ4n) is 0.637. The first-order valence-corrected chi connectivity index (χ1v) is 2.77. The van der Waals surface area contributed by atoms with Crippen molar-refractivity contribution < 1.29 is 10.2 Å². The van der Waals surface area contributed by atoms with Crippen LogP contribution in [-0.2, 0) is 0 Å². The highest BCUT2D eigenvalue weighted by Gasteiger charge is 2.12. The van der Waals surface area contributed by atoms with E-state index in [1.807, 2.05) is 0 Å². The van der Waals surface area contributed by atoms with E-state index < -0.39 is 6.35 Å². The van der Waals surface area contributed by atoms with Crippen LogP contribution >= 0.6 is 0 Å². The average molecular weight is 130 g/mol. The Morgan fingerprint density at radius 3 is 2.78 bits per heavy atom. The summed E-state index contributed by atoms with van der Waals surface area (Å²) in [6.45, 7) is 2.31. The summed E-state index contributed by atoms with van der Waals surface area (Å²) >= 11 is 0. The van der Waals surface area contributed by atoms with Crippen molar-refractivity contribution >= 4 is 0 Å². The molecule has 0 spiro atoms. The number of hydrogen-bond acceptors (Lipinski definition) is 4. The molecule has 0 aromatic heterocycles. The van der Waals surface area contributed by atoms with Crippen LogP contribution in [0.25, 0.3) is 0 Å². The number of rotatable bonds is 0. The van der Waals surface area contributed by atoms with Crippen LogP contribution in [0.5, 0.6) is 0 Å². The van der Waals surface area contributed by atoms with E-state index in [0.29, 0.717) is 6.54 Å². The molecule has 9 heavy (non-hydrogen) atoms. The molecule has 0 bridgehead atoms. The Kier molecular flexibility index (Phi) is 1.59. The third-order valence-electron chi connectivity index (χ3n) is 1.24. The van der Waals surface area contributed by atoms with Crippen molar-refractivity contribution in [3.63, 3.8) is 0 Å². The molecule has 1 rings (SSSR count). The molecule has 0 saturated carbocycles. The van der Waals surface area contributed by atoms with Gasteiger partial charge in [-0.25, -0.2) is 0 Å². The molecular weight excluding hydrogens is 120 g/mol. The van der Waals surface area contributed by atoms with Gasteiger partial charge in [0.1, 0.15) is 0 Å². The summed E-state index contributed by atoms with van der Waals surface area (Å²) in [5, 5.41) is 22.8. The van der Waals surface area contributed by atoms with E-state index in [-0.39, 0.29) is 5.88 Å². The van der Waals surface area contributed by atoms with Gasteiger partial charge in [-0.2, -0.15) is 0 Å². The van der Waals surface area contributed by atoms with Crippen molar-refractivity contribution in [2.24, 2.45) is 0 Å². The van der Waals surface area contributed by atoms with Gasteiger partial charge in [-0.05, 0) is 6.92 Å². The van der Waals surface area contributed by atoms with Crippen LogP contribution in [0.4, 0.5) is 0 Å². The lowest BCUT2D eigenvalue weighted by Crippen LogP contribution is -2.46. The summed E-state index contributed by atoms with van der Waals surface area (Å²) in [5.41, 5.74) is 0.806. The molecule has 4 nitrogen and oxygen atoms in total. The standard InChI is InChI=1S/C5H10N2O2/c1-3-2-6-5(9)7-4(3)8/h5-9H,2H2,1H3. The van der Waals surface area contributed by atoms with Crippen molar-refractivity contribution in [1.29, 1.82) is 0 Å². The van der Waals surface area contributed by atoms with Crippen molar-refractivity contribution in [3.8, 4) is 0 Å². The maximum absolute atomic E-state index is 8.92. The van der Waals surface area contributed by atoms with Gasteiger partial charge >= 0.3 is 0 Å². The third-order valence-corrected chi connectivity index (χ3v) is 1.24. The minimum absolute atomic E-state index is 0.0706. The maximum Gasteiger partial charge on any atom is 0.187 e. The SMILES string of the molecule is CC1=C(O)NC(O)NC1. The molecule has 1 aliphatic heterocycles. The first-order chi connectivity index (χ1) is 4.20. The molecule has 1 aliphatic rings. The fraction of sp³-hybridized carbons (Fsp3) is 0.600. The van der Waals surface area contributed by atoms with Crippen molar-refractivity contribution in [1.82, 2.24) is 10.6 Å². The largest absolute Gasteiger partial charge is 0.495 e. The summed E-state index contributed by atoms with van der Waals surface area (Å²) < 4.78 is 0. The zero-order valence-electron chi connectivity index (χ0n) is 5.18. The van der Waals surface area contributed by atoms with Crippen LogP contribution in [0.3, 0.4) is 0 Å². The van der Waals surface area contributed by atoms with Crippen LogP contribution in [0.15, 0.2) is 11.5 Å². The molecule has 0 aromatic rings.